The average molecular weight is 604 g/mol. The van der Waals surface area contributed by atoms with Crippen LogP contribution in [-0.4, -0.2) is 42.1 Å². The van der Waals surface area contributed by atoms with Gasteiger partial charge in [0.15, 0.2) is 0 Å². The zero-order valence-corrected chi connectivity index (χ0v) is 24.2. The van der Waals surface area contributed by atoms with Crippen LogP contribution in [0.15, 0.2) is 108 Å². The van der Waals surface area contributed by atoms with E-state index in [2.05, 4.69) is 15.4 Å². The predicted molar refractivity (Wildman–Crippen MR) is 167 cm³/mol. The molecule has 12 heteroatoms. The Kier molecular flexibility index (Phi) is 8.03. The first kappa shape index (κ1) is 28.9. The number of carbonyl (C=O) groups excluding carboxylic acids is 1. The Balaban J connectivity index is 1.57. The van der Waals surface area contributed by atoms with E-state index < -0.39 is 26.0 Å². The number of nitrogens with zero attached hydrogens (tertiary/aromatic N) is 1. The Bertz CT molecular complexity index is 1860. The van der Waals surface area contributed by atoms with Gasteiger partial charge < -0.3 is 16.4 Å². The summed E-state index contributed by atoms with van der Waals surface area (Å²) >= 11 is 0. The fourth-order valence-corrected chi connectivity index (χ4v) is 6.65. The molecule has 0 spiro atoms. The van der Waals surface area contributed by atoms with Crippen molar-refractivity contribution in [2.24, 2.45) is 5.73 Å². The molecule has 0 bridgehead atoms. The molecule has 0 atom stereocenters. The second-order valence-corrected chi connectivity index (χ2v) is 13.1. The standard InChI is InChI=1S/C30H29N5O5S2/c1-41(37,38)35(19-18-31)24-14-12-22(13-15-24)32-29(21-8-4-2-5-9-21)28-26-20-25(16-17-27(26)33-30(28)36)42(39,40)34-23-10-6-3-7-11-23/h2-17,20,32,34H,18-19,31H2,1H3,(H,33,36). The van der Waals surface area contributed by atoms with E-state index in [-0.39, 0.29) is 23.6 Å². The van der Waals surface area contributed by atoms with Gasteiger partial charge in [-0.2, -0.15) is 0 Å². The van der Waals surface area contributed by atoms with Gasteiger partial charge >= 0.3 is 0 Å². The highest BCUT2D eigenvalue weighted by atomic mass is 32.2. The zero-order chi connectivity index (χ0) is 29.9. The van der Waals surface area contributed by atoms with Gasteiger partial charge in [0.1, 0.15) is 0 Å². The van der Waals surface area contributed by atoms with Crippen LogP contribution >= 0.6 is 0 Å². The Hall–Kier alpha value is -4.65. The second-order valence-electron chi connectivity index (χ2n) is 9.54. The topological polar surface area (TPSA) is 151 Å². The van der Waals surface area contributed by atoms with Crippen LogP contribution in [0.5, 0.6) is 0 Å². The summed E-state index contributed by atoms with van der Waals surface area (Å²) in [5.41, 5.74) is 9.37. The van der Waals surface area contributed by atoms with Crippen LogP contribution in [0.25, 0.3) is 11.3 Å². The maximum atomic E-state index is 13.4. The summed E-state index contributed by atoms with van der Waals surface area (Å²) in [6.45, 7) is 0.288. The fourth-order valence-electron chi connectivity index (χ4n) is 4.62. The van der Waals surface area contributed by atoms with Crippen molar-refractivity contribution in [3.8, 4) is 0 Å². The lowest BCUT2D eigenvalue weighted by atomic mass is 10.00. The molecule has 0 aliphatic carbocycles. The van der Waals surface area contributed by atoms with Gasteiger partial charge in [-0.25, -0.2) is 16.8 Å². The van der Waals surface area contributed by atoms with E-state index in [1.165, 1.54) is 16.4 Å². The minimum absolute atomic E-state index is 0.00311. The summed E-state index contributed by atoms with van der Waals surface area (Å²) in [4.78, 5) is 13.4. The Labute approximate surface area is 245 Å². The molecule has 5 N–H and O–H groups in total. The molecule has 4 aromatic carbocycles. The number of nitrogens with two attached hydrogens (primary N) is 1. The van der Waals surface area contributed by atoms with Crippen molar-refractivity contribution in [2.45, 2.75) is 4.90 Å². The summed E-state index contributed by atoms with van der Waals surface area (Å²) in [5, 5.41) is 6.13. The molecule has 42 heavy (non-hydrogen) atoms. The summed E-state index contributed by atoms with van der Waals surface area (Å²) in [6.07, 6.45) is 1.12. The maximum absolute atomic E-state index is 13.4. The van der Waals surface area contributed by atoms with Crippen LogP contribution in [0.3, 0.4) is 0 Å². The molecule has 0 saturated heterocycles. The smallest absolute Gasteiger partial charge is 0.261 e. The molecule has 1 amide bonds. The highest BCUT2D eigenvalue weighted by Gasteiger charge is 2.30. The van der Waals surface area contributed by atoms with Crippen molar-refractivity contribution in [3.63, 3.8) is 0 Å². The van der Waals surface area contributed by atoms with Crippen molar-refractivity contribution in [3.05, 3.63) is 114 Å². The minimum Gasteiger partial charge on any atom is -0.354 e. The number of amides is 1. The van der Waals surface area contributed by atoms with Gasteiger partial charge in [0.25, 0.3) is 15.9 Å². The first-order valence-electron chi connectivity index (χ1n) is 12.9. The lowest BCUT2D eigenvalue weighted by Gasteiger charge is -2.22. The predicted octanol–water partition coefficient (Wildman–Crippen LogP) is 4.14. The number of benzene rings is 4. The summed E-state index contributed by atoms with van der Waals surface area (Å²) in [6, 6.07) is 28.9. The first-order chi connectivity index (χ1) is 20.1. The van der Waals surface area contributed by atoms with Gasteiger partial charge in [-0.3, -0.25) is 13.8 Å². The normalized spacial score (nSPS) is 14.1. The number of fused-ring (bicyclic) bond motifs is 1. The van der Waals surface area contributed by atoms with E-state index in [9.17, 15) is 21.6 Å². The van der Waals surface area contributed by atoms with Gasteiger partial charge in [0.2, 0.25) is 10.0 Å². The summed E-state index contributed by atoms with van der Waals surface area (Å²) in [5.74, 6) is -0.398. The quantitative estimate of drug-likeness (QED) is 0.199. The van der Waals surface area contributed by atoms with Gasteiger partial charge in [-0.05, 0) is 60.2 Å². The van der Waals surface area contributed by atoms with Crippen molar-refractivity contribution in [1.29, 1.82) is 0 Å². The van der Waals surface area contributed by atoms with Gasteiger partial charge in [-0.15, -0.1) is 0 Å². The lowest BCUT2D eigenvalue weighted by Crippen LogP contribution is -2.34. The van der Waals surface area contributed by atoms with E-state index in [0.29, 0.717) is 39.6 Å². The van der Waals surface area contributed by atoms with Crippen LogP contribution < -0.4 is 25.4 Å². The molecule has 5 rings (SSSR count). The number of carbonyl (C=O) groups is 1. The molecule has 216 valence electrons. The monoisotopic (exact) mass is 603 g/mol. The SMILES string of the molecule is CS(=O)(=O)N(CCN)c1ccc(NC(=C2C(=O)Nc3ccc(S(=O)(=O)Nc4ccccc4)cc32)c2ccccc2)cc1. The number of rotatable bonds is 10. The van der Waals surface area contributed by atoms with E-state index in [0.717, 1.165) is 6.26 Å². The van der Waals surface area contributed by atoms with E-state index in [4.69, 9.17) is 5.73 Å². The largest absolute Gasteiger partial charge is 0.354 e. The summed E-state index contributed by atoms with van der Waals surface area (Å²) < 4.78 is 54.7. The zero-order valence-electron chi connectivity index (χ0n) is 22.6. The highest BCUT2D eigenvalue weighted by molar-refractivity contribution is 7.92. The van der Waals surface area contributed by atoms with Crippen LogP contribution in [0.1, 0.15) is 11.1 Å². The number of para-hydroxylation sites is 1. The second kappa shape index (κ2) is 11.7. The summed E-state index contributed by atoms with van der Waals surface area (Å²) in [7, 11) is -7.48. The average Bonchev–Trinajstić information content (AvgIpc) is 3.30. The highest BCUT2D eigenvalue weighted by Crippen LogP contribution is 2.39. The minimum atomic E-state index is -3.95. The van der Waals surface area contributed by atoms with Crippen LogP contribution in [0, 0.1) is 0 Å². The Morgan fingerprint density at radius 2 is 1.48 bits per heavy atom. The van der Waals surface area contributed by atoms with E-state index >= 15 is 0 Å². The molecular formula is C30H29N5O5S2. The maximum Gasteiger partial charge on any atom is 0.261 e. The Morgan fingerprint density at radius 3 is 2.10 bits per heavy atom. The lowest BCUT2D eigenvalue weighted by molar-refractivity contribution is -0.110. The van der Waals surface area contributed by atoms with Crippen LogP contribution in [0.4, 0.5) is 22.7 Å². The molecule has 0 unspecified atom stereocenters. The van der Waals surface area contributed by atoms with Gasteiger partial charge in [0.05, 0.1) is 28.1 Å². The van der Waals surface area contributed by atoms with Crippen molar-refractivity contribution < 1.29 is 21.6 Å². The molecule has 0 aromatic heterocycles. The molecular weight excluding hydrogens is 574 g/mol. The van der Waals surface area contributed by atoms with E-state index in [1.807, 2.05) is 30.3 Å². The molecule has 1 aliphatic heterocycles. The molecule has 0 saturated carbocycles. The Morgan fingerprint density at radius 1 is 0.833 bits per heavy atom. The number of anilines is 4. The first-order valence-corrected chi connectivity index (χ1v) is 16.3. The van der Waals surface area contributed by atoms with Crippen molar-refractivity contribution in [1.82, 2.24) is 0 Å². The number of hydrogen-bond acceptors (Lipinski definition) is 7. The van der Waals surface area contributed by atoms with Crippen molar-refractivity contribution >= 4 is 60.0 Å². The molecule has 10 nitrogen and oxygen atoms in total. The molecule has 4 aromatic rings. The molecule has 0 radical (unpaired) electrons. The third-order valence-corrected chi connectivity index (χ3v) is 9.11. The van der Waals surface area contributed by atoms with Crippen LogP contribution in [0.2, 0.25) is 0 Å². The number of sulfonamides is 2. The molecule has 0 fully saturated rings. The van der Waals surface area contributed by atoms with Gasteiger partial charge in [-0.1, -0.05) is 48.5 Å². The molecule has 1 heterocycles. The number of nitrogens with one attached hydrogen (secondary N) is 3. The third-order valence-electron chi connectivity index (χ3n) is 6.54. The van der Waals surface area contributed by atoms with Gasteiger partial charge in [0, 0.05) is 35.7 Å². The number of hydrogen-bond donors (Lipinski definition) is 4. The van der Waals surface area contributed by atoms with Crippen LogP contribution in [-0.2, 0) is 24.8 Å². The third kappa shape index (κ3) is 6.15. The van der Waals surface area contributed by atoms with Crippen molar-refractivity contribution in [2.75, 3.05) is 39.0 Å². The van der Waals surface area contributed by atoms with E-state index in [1.54, 1.807) is 60.7 Å². The molecule has 1 aliphatic rings. The fraction of sp³-hybridized carbons (Fsp3) is 0.100.